The molecule has 1 saturated heterocycles. The number of nitrogens with zero attached hydrogens (tertiary/aromatic N) is 1. The van der Waals surface area contributed by atoms with E-state index in [0.717, 1.165) is 24.2 Å². The van der Waals surface area contributed by atoms with Crippen LogP contribution in [0.1, 0.15) is 43.2 Å². The highest BCUT2D eigenvalue weighted by Gasteiger charge is 2.69. The van der Waals surface area contributed by atoms with Crippen molar-refractivity contribution < 1.29 is 4.79 Å². The Morgan fingerprint density at radius 3 is 2.14 bits per heavy atom. The van der Waals surface area contributed by atoms with Crippen LogP contribution in [0.2, 0.25) is 0 Å². The summed E-state index contributed by atoms with van der Waals surface area (Å²) in [5, 5.41) is 0. The largest absolute Gasteiger partial charge is 0.292 e. The summed E-state index contributed by atoms with van der Waals surface area (Å²) in [6.45, 7) is 2.19. The van der Waals surface area contributed by atoms with Crippen LogP contribution >= 0.6 is 0 Å². The number of fused-ring (bicyclic) bond motifs is 5. The first-order valence-electron chi connectivity index (χ1n) is 11.0. The van der Waals surface area contributed by atoms with Crippen molar-refractivity contribution in [3.8, 4) is 0 Å². The van der Waals surface area contributed by atoms with Gasteiger partial charge in [-0.15, -0.1) is 0 Å². The molecule has 2 saturated carbocycles. The Morgan fingerprint density at radius 1 is 0.821 bits per heavy atom. The summed E-state index contributed by atoms with van der Waals surface area (Å²) < 4.78 is 0. The second-order valence-corrected chi connectivity index (χ2v) is 9.12. The van der Waals surface area contributed by atoms with Crippen molar-refractivity contribution >= 4 is 16.9 Å². The number of carbonyl (C=O) groups is 1. The number of ketones is 1. The Hall–Kier alpha value is -2.19. The zero-order chi connectivity index (χ0) is 18.7. The molecule has 0 aromatic heterocycles. The number of carbonyl (C=O) groups excluding carboxylic acids is 1. The lowest BCUT2D eigenvalue weighted by Gasteiger charge is -2.46. The Morgan fingerprint density at radius 2 is 1.46 bits per heavy atom. The highest BCUT2D eigenvalue weighted by atomic mass is 16.1. The highest BCUT2D eigenvalue weighted by Crippen LogP contribution is 2.67. The summed E-state index contributed by atoms with van der Waals surface area (Å²) in [7, 11) is 0. The molecule has 1 heterocycles. The van der Waals surface area contributed by atoms with Crippen LogP contribution < -0.4 is 0 Å². The van der Waals surface area contributed by atoms with Crippen molar-refractivity contribution in [3.05, 3.63) is 71.8 Å². The van der Waals surface area contributed by atoms with E-state index in [4.69, 9.17) is 0 Å². The minimum absolute atomic E-state index is 0.268. The van der Waals surface area contributed by atoms with Crippen molar-refractivity contribution in [2.45, 2.75) is 37.6 Å². The topological polar surface area (TPSA) is 20.3 Å². The summed E-state index contributed by atoms with van der Waals surface area (Å²) in [6.07, 6.45) is 6.23. The third-order valence-corrected chi connectivity index (χ3v) is 7.99. The van der Waals surface area contributed by atoms with Gasteiger partial charge < -0.3 is 0 Å². The average Bonchev–Trinajstić information content (AvgIpc) is 3.52. The van der Waals surface area contributed by atoms with Crippen LogP contribution in [0.25, 0.3) is 11.1 Å². The van der Waals surface area contributed by atoms with Crippen molar-refractivity contribution in [1.29, 1.82) is 0 Å². The average molecular weight is 370 g/mol. The first kappa shape index (κ1) is 16.7. The van der Waals surface area contributed by atoms with Crippen LogP contribution in [0.15, 0.2) is 60.7 Å². The molecular formula is C26H27NO. The predicted molar refractivity (Wildman–Crippen MR) is 113 cm³/mol. The summed E-state index contributed by atoms with van der Waals surface area (Å²) in [6, 6.07) is 21.2. The zero-order valence-electron chi connectivity index (χ0n) is 16.3. The third-order valence-electron chi connectivity index (χ3n) is 7.99. The minimum Gasteiger partial charge on any atom is -0.292 e. The molecule has 2 aromatic carbocycles. The van der Waals surface area contributed by atoms with E-state index in [2.05, 4.69) is 59.5 Å². The number of hydrogen-bond acceptors (Lipinski definition) is 2. The van der Waals surface area contributed by atoms with Gasteiger partial charge in [0.15, 0.2) is 5.78 Å². The van der Waals surface area contributed by atoms with Crippen molar-refractivity contribution in [3.63, 3.8) is 0 Å². The Labute approximate surface area is 167 Å². The van der Waals surface area contributed by atoms with E-state index in [1.54, 1.807) is 0 Å². The van der Waals surface area contributed by atoms with E-state index in [-0.39, 0.29) is 5.54 Å². The molecule has 2 aromatic rings. The van der Waals surface area contributed by atoms with Crippen LogP contribution in [0.4, 0.5) is 0 Å². The fourth-order valence-electron chi connectivity index (χ4n) is 7.11. The highest BCUT2D eigenvalue weighted by molar-refractivity contribution is 6.36. The molecule has 0 amide bonds. The summed E-state index contributed by atoms with van der Waals surface area (Å²) in [5.41, 5.74) is 4.46. The summed E-state index contributed by atoms with van der Waals surface area (Å²) in [5.74, 6) is 1.99. The lowest BCUT2D eigenvalue weighted by atomic mass is 9.70. The maximum atomic E-state index is 14.4. The van der Waals surface area contributed by atoms with E-state index in [1.165, 1.54) is 43.2 Å². The SMILES string of the molecule is O=C1C(c2ccccc2)=C(c2ccccc2)[C@H]2C3CCC(C3)[C@@]12N1CCCC1. The summed E-state index contributed by atoms with van der Waals surface area (Å²) in [4.78, 5) is 17.0. The van der Waals surface area contributed by atoms with Gasteiger partial charge in [-0.2, -0.15) is 0 Å². The van der Waals surface area contributed by atoms with Crippen LogP contribution in [-0.4, -0.2) is 29.3 Å². The molecule has 2 heteroatoms. The molecule has 1 aliphatic heterocycles. The molecule has 6 rings (SSSR count). The van der Waals surface area contributed by atoms with Gasteiger partial charge in [0.25, 0.3) is 0 Å². The van der Waals surface area contributed by atoms with E-state index >= 15 is 0 Å². The third kappa shape index (κ3) is 2.05. The Kier molecular flexibility index (Phi) is 3.68. The van der Waals surface area contributed by atoms with Crippen molar-refractivity contribution in [2.75, 3.05) is 13.1 Å². The fourth-order valence-corrected chi connectivity index (χ4v) is 7.11. The number of benzene rings is 2. The molecule has 0 N–H and O–H groups in total. The number of rotatable bonds is 3. The van der Waals surface area contributed by atoms with Crippen LogP contribution in [0, 0.1) is 17.8 Å². The predicted octanol–water partition coefficient (Wildman–Crippen LogP) is 5.06. The van der Waals surface area contributed by atoms with Gasteiger partial charge in [0.2, 0.25) is 0 Å². The van der Waals surface area contributed by atoms with E-state index in [9.17, 15) is 4.79 Å². The first-order chi connectivity index (χ1) is 13.8. The minimum atomic E-state index is -0.268. The molecule has 28 heavy (non-hydrogen) atoms. The normalized spacial score (nSPS) is 34.4. The first-order valence-corrected chi connectivity index (χ1v) is 11.0. The van der Waals surface area contributed by atoms with E-state index in [0.29, 0.717) is 23.5 Å². The molecule has 3 fully saturated rings. The van der Waals surface area contributed by atoms with Gasteiger partial charge in [0, 0.05) is 11.5 Å². The van der Waals surface area contributed by atoms with Gasteiger partial charge in [0.05, 0.1) is 5.54 Å². The van der Waals surface area contributed by atoms with E-state index in [1.807, 2.05) is 6.07 Å². The second-order valence-electron chi connectivity index (χ2n) is 9.12. The molecule has 2 unspecified atom stereocenters. The van der Waals surface area contributed by atoms with Crippen LogP contribution in [0.3, 0.4) is 0 Å². The lowest BCUT2D eigenvalue weighted by molar-refractivity contribution is -0.129. The van der Waals surface area contributed by atoms with Gasteiger partial charge >= 0.3 is 0 Å². The van der Waals surface area contributed by atoms with Gasteiger partial charge in [-0.1, -0.05) is 60.7 Å². The van der Waals surface area contributed by atoms with Gasteiger partial charge in [-0.05, 0) is 73.7 Å². The smallest absolute Gasteiger partial charge is 0.184 e. The molecule has 3 aliphatic carbocycles. The maximum Gasteiger partial charge on any atom is 0.184 e. The number of hydrogen-bond donors (Lipinski definition) is 0. The van der Waals surface area contributed by atoms with Gasteiger partial charge in [0.1, 0.15) is 0 Å². The quantitative estimate of drug-likeness (QED) is 0.754. The molecule has 4 atom stereocenters. The molecule has 2 bridgehead atoms. The lowest BCUT2D eigenvalue weighted by Crippen LogP contribution is -2.59. The second kappa shape index (κ2) is 6.15. The van der Waals surface area contributed by atoms with Gasteiger partial charge in [-0.3, -0.25) is 9.69 Å². The monoisotopic (exact) mass is 369 g/mol. The van der Waals surface area contributed by atoms with Crippen LogP contribution in [-0.2, 0) is 4.79 Å². The number of likely N-dealkylation sites (tertiary alicyclic amines) is 1. The number of Topliss-reactive ketones (excluding diaryl/α,β-unsaturated/α-hetero) is 1. The summed E-state index contributed by atoms with van der Waals surface area (Å²) >= 11 is 0. The standard InChI is InChI=1S/C26H27NO/c28-25-23(19-11-5-2-6-12-19)22(18-9-3-1-4-10-18)24-20-13-14-21(17-20)26(24,25)27-15-7-8-16-27/h1-6,9-12,20-21,24H,7-8,13-17H2/t20?,21?,24-,26+/m1/s1. The molecule has 0 spiro atoms. The van der Waals surface area contributed by atoms with Crippen molar-refractivity contribution in [2.24, 2.45) is 17.8 Å². The molecule has 142 valence electrons. The Bertz CT molecular complexity index is 941. The molecule has 4 aliphatic rings. The molecular weight excluding hydrogens is 342 g/mol. The van der Waals surface area contributed by atoms with Crippen molar-refractivity contribution in [1.82, 2.24) is 4.90 Å². The zero-order valence-corrected chi connectivity index (χ0v) is 16.3. The molecule has 0 radical (unpaired) electrons. The van der Waals surface area contributed by atoms with Crippen LogP contribution in [0.5, 0.6) is 0 Å². The Balaban J connectivity index is 1.62. The maximum absolute atomic E-state index is 14.4. The fraction of sp³-hybridized carbons (Fsp3) is 0.423. The molecule has 2 nitrogen and oxygen atoms in total. The van der Waals surface area contributed by atoms with E-state index < -0.39 is 0 Å². The van der Waals surface area contributed by atoms with Gasteiger partial charge in [-0.25, -0.2) is 0 Å².